The summed E-state index contributed by atoms with van der Waals surface area (Å²) in [4.78, 5) is 38.6. The van der Waals surface area contributed by atoms with Crippen LogP contribution in [0.25, 0.3) is 0 Å². The molecule has 6 heteroatoms. The van der Waals surface area contributed by atoms with Crippen molar-refractivity contribution in [2.75, 3.05) is 19.6 Å². The SMILES string of the molecule is CCC(C)C(C)C(=O)N1CCCC(N(CC(=O)O)C(C)=O)CC1. The molecule has 3 unspecified atom stereocenters. The topological polar surface area (TPSA) is 77.9 Å². The van der Waals surface area contributed by atoms with E-state index >= 15 is 0 Å². The molecule has 3 atom stereocenters. The Morgan fingerprint density at radius 3 is 2.39 bits per heavy atom. The second-order valence-corrected chi connectivity index (χ2v) is 6.62. The first-order chi connectivity index (χ1) is 10.8. The van der Waals surface area contributed by atoms with Crippen molar-refractivity contribution in [3.8, 4) is 0 Å². The summed E-state index contributed by atoms with van der Waals surface area (Å²) in [5.74, 6) is -0.692. The lowest BCUT2D eigenvalue weighted by Crippen LogP contribution is -2.43. The number of amides is 2. The van der Waals surface area contributed by atoms with E-state index < -0.39 is 5.97 Å². The fraction of sp³-hybridized carbons (Fsp3) is 0.824. The number of nitrogens with zero attached hydrogens (tertiary/aromatic N) is 2. The van der Waals surface area contributed by atoms with Crippen molar-refractivity contribution in [1.29, 1.82) is 0 Å². The Hall–Kier alpha value is -1.59. The van der Waals surface area contributed by atoms with Crippen LogP contribution in [0.3, 0.4) is 0 Å². The Labute approximate surface area is 138 Å². The number of aliphatic carboxylic acids is 1. The van der Waals surface area contributed by atoms with E-state index in [0.29, 0.717) is 25.4 Å². The van der Waals surface area contributed by atoms with Gasteiger partial charge in [0, 0.05) is 32.0 Å². The van der Waals surface area contributed by atoms with E-state index in [0.717, 1.165) is 19.3 Å². The lowest BCUT2D eigenvalue weighted by atomic mass is 9.92. The molecule has 0 saturated carbocycles. The van der Waals surface area contributed by atoms with Crippen molar-refractivity contribution >= 4 is 17.8 Å². The molecule has 1 N–H and O–H groups in total. The lowest BCUT2D eigenvalue weighted by Gasteiger charge is -2.29. The van der Waals surface area contributed by atoms with Crippen LogP contribution in [-0.2, 0) is 14.4 Å². The lowest BCUT2D eigenvalue weighted by molar-refractivity contribution is -0.145. The van der Waals surface area contributed by atoms with Crippen molar-refractivity contribution in [3.05, 3.63) is 0 Å². The first-order valence-electron chi connectivity index (χ1n) is 8.55. The van der Waals surface area contributed by atoms with Crippen LogP contribution in [-0.4, -0.2) is 58.4 Å². The quantitative estimate of drug-likeness (QED) is 0.809. The van der Waals surface area contributed by atoms with Crippen LogP contribution >= 0.6 is 0 Å². The second kappa shape index (κ2) is 8.89. The molecule has 1 aliphatic heterocycles. The number of rotatable bonds is 6. The van der Waals surface area contributed by atoms with E-state index in [1.165, 1.54) is 11.8 Å². The fourth-order valence-corrected chi connectivity index (χ4v) is 3.14. The summed E-state index contributed by atoms with van der Waals surface area (Å²) in [6, 6.07) is -0.0969. The highest BCUT2D eigenvalue weighted by atomic mass is 16.4. The van der Waals surface area contributed by atoms with Gasteiger partial charge in [-0.1, -0.05) is 27.2 Å². The normalized spacial score (nSPS) is 21.2. The van der Waals surface area contributed by atoms with Crippen LogP contribution in [0.1, 0.15) is 53.4 Å². The summed E-state index contributed by atoms with van der Waals surface area (Å²) in [5.41, 5.74) is 0. The molecule has 1 fully saturated rings. The molecule has 1 heterocycles. The van der Waals surface area contributed by atoms with Crippen LogP contribution in [0.2, 0.25) is 0 Å². The van der Waals surface area contributed by atoms with Crippen molar-refractivity contribution < 1.29 is 19.5 Å². The number of hydrogen-bond donors (Lipinski definition) is 1. The Morgan fingerprint density at radius 2 is 1.87 bits per heavy atom. The minimum absolute atomic E-state index is 0.000482. The molecule has 0 bridgehead atoms. The maximum Gasteiger partial charge on any atom is 0.323 e. The van der Waals surface area contributed by atoms with Crippen molar-refractivity contribution in [2.24, 2.45) is 11.8 Å². The molecular formula is C17H30N2O4. The maximum atomic E-state index is 12.6. The fourth-order valence-electron chi connectivity index (χ4n) is 3.14. The minimum atomic E-state index is -0.997. The zero-order chi connectivity index (χ0) is 17.6. The molecule has 0 aromatic rings. The first-order valence-corrected chi connectivity index (χ1v) is 8.55. The Morgan fingerprint density at radius 1 is 1.22 bits per heavy atom. The molecule has 0 radical (unpaired) electrons. The Bertz CT molecular complexity index is 438. The predicted molar refractivity (Wildman–Crippen MR) is 87.9 cm³/mol. The van der Waals surface area contributed by atoms with E-state index in [1.54, 1.807) is 0 Å². The zero-order valence-corrected chi connectivity index (χ0v) is 14.7. The number of hydrogen-bond acceptors (Lipinski definition) is 3. The Balaban J connectivity index is 2.70. The summed E-state index contributed by atoms with van der Waals surface area (Å²) >= 11 is 0. The van der Waals surface area contributed by atoms with Gasteiger partial charge in [-0.3, -0.25) is 14.4 Å². The summed E-state index contributed by atoms with van der Waals surface area (Å²) in [6.07, 6.45) is 3.16. The molecular weight excluding hydrogens is 296 g/mol. The van der Waals surface area contributed by atoms with Gasteiger partial charge < -0.3 is 14.9 Å². The summed E-state index contributed by atoms with van der Waals surface area (Å²) < 4.78 is 0. The molecule has 6 nitrogen and oxygen atoms in total. The van der Waals surface area contributed by atoms with Crippen LogP contribution in [0, 0.1) is 11.8 Å². The number of carboxylic acid groups (broad SMARTS) is 1. The van der Waals surface area contributed by atoms with Gasteiger partial charge in [0.1, 0.15) is 6.54 Å². The summed E-state index contributed by atoms with van der Waals surface area (Å²) in [5, 5.41) is 8.98. The monoisotopic (exact) mass is 326 g/mol. The zero-order valence-electron chi connectivity index (χ0n) is 14.7. The number of carboxylic acids is 1. The Kier molecular flexibility index (Phi) is 7.52. The average Bonchev–Trinajstić information content (AvgIpc) is 2.75. The highest BCUT2D eigenvalue weighted by Gasteiger charge is 2.30. The summed E-state index contributed by atoms with van der Waals surface area (Å²) in [6.45, 7) is 8.57. The van der Waals surface area contributed by atoms with E-state index in [2.05, 4.69) is 13.8 Å². The van der Waals surface area contributed by atoms with Gasteiger partial charge in [0.2, 0.25) is 11.8 Å². The molecule has 132 valence electrons. The van der Waals surface area contributed by atoms with E-state index in [-0.39, 0.29) is 30.3 Å². The molecule has 1 rings (SSSR count). The maximum absolute atomic E-state index is 12.6. The van der Waals surface area contributed by atoms with Crippen molar-refractivity contribution in [3.63, 3.8) is 0 Å². The van der Waals surface area contributed by atoms with Gasteiger partial charge in [-0.15, -0.1) is 0 Å². The van der Waals surface area contributed by atoms with Crippen LogP contribution in [0.5, 0.6) is 0 Å². The van der Waals surface area contributed by atoms with Crippen molar-refractivity contribution in [1.82, 2.24) is 9.80 Å². The largest absolute Gasteiger partial charge is 0.480 e. The highest BCUT2D eigenvalue weighted by Crippen LogP contribution is 2.22. The van der Waals surface area contributed by atoms with E-state index in [1.807, 2.05) is 11.8 Å². The smallest absolute Gasteiger partial charge is 0.323 e. The molecule has 0 spiro atoms. The van der Waals surface area contributed by atoms with Gasteiger partial charge in [0.15, 0.2) is 0 Å². The van der Waals surface area contributed by atoms with Crippen LogP contribution in [0.4, 0.5) is 0 Å². The molecule has 23 heavy (non-hydrogen) atoms. The number of likely N-dealkylation sites (tertiary alicyclic amines) is 1. The van der Waals surface area contributed by atoms with Gasteiger partial charge in [-0.2, -0.15) is 0 Å². The van der Waals surface area contributed by atoms with Gasteiger partial charge in [-0.25, -0.2) is 0 Å². The van der Waals surface area contributed by atoms with Gasteiger partial charge >= 0.3 is 5.97 Å². The third-order valence-electron chi connectivity index (χ3n) is 5.05. The van der Waals surface area contributed by atoms with E-state index in [9.17, 15) is 14.4 Å². The van der Waals surface area contributed by atoms with Crippen LogP contribution < -0.4 is 0 Å². The third kappa shape index (κ3) is 5.52. The predicted octanol–water partition coefficient (Wildman–Crippen LogP) is 1.98. The average molecular weight is 326 g/mol. The standard InChI is InChI=1S/C17H30N2O4/c1-5-12(2)13(3)17(23)18-9-6-7-15(8-10-18)19(14(4)20)11-16(21)22/h12-13,15H,5-11H2,1-4H3,(H,21,22). The minimum Gasteiger partial charge on any atom is -0.480 e. The first kappa shape index (κ1) is 19.5. The second-order valence-electron chi connectivity index (χ2n) is 6.62. The highest BCUT2D eigenvalue weighted by molar-refractivity contribution is 5.80. The van der Waals surface area contributed by atoms with E-state index in [4.69, 9.17) is 5.11 Å². The molecule has 0 aliphatic carbocycles. The van der Waals surface area contributed by atoms with Gasteiger partial charge in [-0.05, 0) is 25.2 Å². The van der Waals surface area contributed by atoms with Gasteiger partial charge in [0.25, 0.3) is 0 Å². The molecule has 0 aromatic carbocycles. The van der Waals surface area contributed by atoms with Crippen LogP contribution in [0.15, 0.2) is 0 Å². The van der Waals surface area contributed by atoms with Crippen molar-refractivity contribution in [2.45, 2.75) is 59.4 Å². The molecule has 0 aromatic heterocycles. The number of carbonyl (C=O) groups excluding carboxylic acids is 2. The van der Waals surface area contributed by atoms with Gasteiger partial charge in [0.05, 0.1) is 0 Å². The number of carbonyl (C=O) groups is 3. The summed E-state index contributed by atoms with van der Waals surface area (Å²) in [7, 11) is 0. The third-order valence-corrected chi connectivity index (χ3v) is 5.05. The molecule has 1 saturated heterocycles. The molecule has 2 amide bonds. The molecule has 1 aliphatic rings.